The van der Waals surface area contributed by atoms with Crippen LogP contribution >= 0.6 is 0 Å². The molecule has 1 aliphatic rings. The number of pyridine rings is 1. The van der Waals surface area contributed by atoms with Crippen LogP contribution in [0.3, 0.4) is 0 Å². The van der Waals surface area contributed by atoms with Crippen molar-refractivity contribution in [2.24, 2.45) is 0 Å². The molecular formula is C12H16N6. The summed E-state index contributed by atoms with van der Waals surface area (Å²) in [5.41, 5.74) is 6.81. The molecule has 94 valence electrons. The second-order valence-corrected chi connectivity index (χ2v) is 4.43. The van der Waals surface area contributed by atoms with Gasteiger partial charge in [0.2, 0.25) is 11.9 Å². The Kier molecular flexibility index (Phi) is 2.84. The van der Waals surface area contributed by atoms with E-state index in [9.17, 15) is 0 Å². The van der Waals surface area contributed by atoms with Crippen molar-refractivity contribution < 1.29 is 0 Å². The van der Waals surface area contributed by atoms with E-state index in [1.807, 2.05) is 12.1 Å². The molecule has 1 aliphatic heterocycles. The van der Waals surface area contributed by atoms with Crippen molar-refractivity contribution in [2.45, 2.75) is 19.3 Å². The standard InChI is InChI=1S/C12H16N6/c13-11-15-12(17-8-2-1-3-9-17)16-18(11)10-4-6-14-7-5-10/h4-7H,1-3,8-9H2,(H2,13,15,16). The van der Waals surface area contributed by atoms with Crippen LogP contribution in [0.4, 0.5) is 11.9 Å². The molecule has 2 aromatic heterocycles. The normalized spacial score (nSPS) is 15.9. The number of aromatic nitrogens is 4. The zero-order valence-electron chi connectivity index (χ0n) is 10.2. The van der Waals surface area contributed by atoms with Crippen LogP contribution in [-0.4, -0.2) is 32.8 Å². The highest BCUT2D eigenvalue weighted by Crippen LogP contribution is 2.19. The summed E-state index contributed by atoms with van der Waals surface area (Å²) < 4.78 is 1.66. The van der Waals surface area contributed by atoms with Gasteiger partial charge in [-0.2, -0.15) is 9.67 Å². The lowest BCUT2D eigenvalue weighted by atomic mass is 10.1. The molecule has 0 aliphatic carbocycles. The van der Waals surface area contributed by atoms with Crippen molar-refractivity contribution in [2.75, 3.05) is 23.7 Å². The van der Waals surface area contributed by atoms with Crippen LogP contribution in [0.1, 0.15) is 19.3 Å². The zero-order chi connectivity index (χ0) is 12.4. The van der Waals surface area contributed by atoms with Gasteiger partial charge in [-0.3, -0.25) is 4.98 Å². The summed E-state index contributed by atoms with van der Waals surface area (Å²) in [6, 6.07) is 3.73. The molecule has 6 nitrogen and oxygen atoms in total. The molecule has 0 unspecified atom stereocenters. The van der Waals surface area contributed by atoms with Gasteiger partial charge in [0.25, 0.3) is 0 Å². The van der Waals surface area contributed by atoms with E-state index in [-0.39, 0.29) is 0 Å². The molecule has 2 aromatic rings. The number of nitrogens with two attached hydrogens (primary N) is 1. The summed E-state index contributed by atoms with van der Waals surface area (Å²) in [6.07, 6.45) is 7.12. The number of nitrogens with zero attached hydrogens (tertiary/aromatic N) is 5. The Morgan fingerprint density at radius 1 is 1.06 bits per heavy atom. The van der Waals surface area contributed by atoms with Crippen molar-refractivity contribution in [3.8, 4) is 5.69 Å². The number of rotatable bonds is 2. The van der Waals surface area contributed by atoms with E-state index in [1.165, 1.54) is 19.3 Å². The van der Waals surface area contributed by atoms with Crippen molar-refractivity contribution in [3.05, 3.63) is 24.5 Å². The van der Waals surface area contributed by atoms with Crippen molar-refractivity contribution in [1.82, 2.24) is 19.7 Å². The van der Waals surface area contributed by atoms with Crippen molar-refractivity contribution in [1.29, 1.82) is 0 Å². The molecule has 1 saturated heterocycles. The monoisotopic (exact) mass is 244 g/mol. The summed E-state index contributed by atoms with van der Waals surface area (Å²) in [6.45, 7) is 2.03. The molecule has 18 heavy (non-hydrogen) atoms. The smallest absolute Gasteiger partial charge is 0.246 e. The van der Waals surface area contributed by atoms with E-state index >= 15 is 0 Å². The first kappa shape index (κ1) is 11.0. The molecule has 2 N–H and O–H groups in total. The fourth-order valence-corrected chi connectivity index (χ4v) is 2.22. The summed E-state index contributed by atoms with van der Waals surface area (Å²) in [5, 5.41) is 4.48. The predicted molar refractivity (Wildman–Crippen MR) is 69.6 cm³/mol. The van der Waals surface area contributed by atoms with E-state index in [0.29, 0.717) is 5.95 Å². The van der Waals surface area contributed by atoms with Gasteiger partial charge in [-0.15, -0.1) is 5.10 Å². The first-order valence-corrected chi connectivity index (χ1v) is 6.22. The fourth-order valence-electron chi connectivity index (χ4n) is 2.22. The Balaban J connectivity index is 1.91. The number of nitrogen functional groups attached to an aromatic ring is 1. The van der Waals surface area contributed by atoms with Gasteiger partial charge in [0.1, 0.15) is 0 Å². The third kappa shape index (κ3) is 2.01. The maximum atomic E-state index is 5.92. The van der Waals surface area contributed by atoms with Crippen LogP contribution < -0.4 is 10.6 Å². The molecule has 0 aromatic carbocycles. The molecule has 0 saturated carbocycles. The number of hydrogen-bond acceptors (Lipinski definition) is 5. The average Bonchev–Trinajstić information content (AvgIpc) is 2.83. The van der Waals surface area contributed by atoms with Gasteiger partial charge >= 0.3 is 0 Å². The zero-order valence-corrected chi connectivity index (χ0v) is 10.2. The highest BCUT2D eigenvalue weighted by Gasteiger charge is 2.17. The Labute approximate surface area is 105 Å². The fraction of sp³-hybridized carbons (Fsp3) is 0.417. The minimum Gasteiger partial charge on any atom is -0.368 e. The Hall–Kier alpha value is -2.11. The quantitative estimate of drug-likeness (QED) is 0.860. The van der Waals surface area contributed by atoms with Crippen LogP contribution in [0.2, 0.25) is 0 Å². The minimum atomic E-state index is 0.418. The van der Waals surface area contributed by atoms with Crippen molar-refractivity contribution in [3.63, 3.8) is 0 Å². The molecule has 1 fully saturated rings. The van der Waals surface area contributed by atoms with Crippen LogP contribution in [-0.2, 0) is 0 Å². The van der Waals surface area contributed by atoms with Gasteiger partial charge < -0.3 is 10.6 Å². The highest BCUT2D eigenvalue weighted by atomic mass is 15.5. The molecule has 6 heteroatoms. The number of piperidine rings is 1. The Morgan fingerprint density at radius 3 is 2.50 bits per heavy atom. The van der Waals surface area contributed by atoms with Crippen molar-refractivity contribution >= 4 is 11.9 Å². The average molecular weight is 244 g/mol. The number of anilines is 2. The second-order valence-electron chi connectivity index (χ2n) is 4.43. The van der Waals surface area contributed by atoms with Crippen LogP contribution in [0, 0.1) is 0 Å². The third-order valence-electron chi connectivity index (χ3n) is 3.17. The predicted octanol–water partition coefficient (Wildman–Crippen LogP) is 1.23. The summed E-state index contributed by atoms with van der Waals surface area (Å²) >= 11 is 0. The largest absolute Gasteiger partial charge is 0.368 e. The lowest BCUT2D eigenvalue weighted by Gasteiger charge is -2.24. The van der Waals surface area contributed by atoms with Gasteiger partial charge in [0.15, 0.2) is 0 Å². The molecule has 0 atom stereocenters. The second kappa shape index (κ2) is 4.64. The third-order valence-corrected chi connectivity index (χ3v) is 3.17. The van der Waals surface area contributed by atoms with Gasteiger partial charge in [-0.05, 0) is 31.4 Å². The van der Waals surface area contributed by atoms with E-state index in [1.54, 1.807) is 17.1 Å². The first-order valence-electron chi connectivity index (χ1n) is 6.22. The van der Waals surface area contributed by atoms with Crippen LogP contribution in [0.5, 0.6) is 0 Å². The topological polar surface area (TPSA) is 72.9 Å². The summed E-state index contributed by atoms with van der Waals surface area (Å²) in [4.78, 5) is 10.5. The number of hydrogen-bond donors (Lipinski definition) is 1. The first-order chi connectivity index (χ1) is 8.84. The molecule has 0 spiro atoms. The Bertz CT molecular complexity index is 515. The highest BCUT2D eigenvalue weighted by molar-refractivity contribution is 5.42. The van der Waals surface area contributed by atoms with E-state index < -0.39 is 0 Å². The van der Waals surface area contributed by atoms with E-state index in [4.69, 9.17) is 5.73 Å². The molecule has 0 amide bonds. The molecular weight excluding hydrogens is 228 g/mol. The summed E-state index contributed by atoms with van der Waals surface area (Å²) in [7, 11) is 0. The summed E-state index contributed by atoms with van der Waals surface area (Å²) in [5.74, 6) is 1.14. The SMILES string of the molecule is Nc1nc(N2CCCCC2)nn1-c1ccncc1. The van der Waals surface area contributed by atoms with Gasteiger partial charge in [0, 0.05) is 25.5 Å². The van der Waals surface area contributed by atoms with E-state index in [2.05, 4.69) is 20.0 Å². The van der Waals surface area contributed by atoms with Gasteiger partial charge in [-0.25, -0.2) is 0 Å². The lowest BCUT2D eigenvalue weighted by Crippen LogP contribution is -2.30. The van der Waals surface area contributed by atoms with E-state index in [0.717, 1.165) is 24.7 Å². The van der Waals surface area contributed by atoms with Gasteiger partial charge in [-0.1, -0.05) is 0 Å². The van der Waals surface area contributed by atoms with Crippen LogP contribution in [0.25, 0.3) is 5.69 Å². The molecule has 3 rings (SSSR count). The Morgan fingerprint density at radius 2 is 1.78 bits per heavy atom. The van der Waals surface area contributed by atoms with Crippen LogP contribution in [0.15, 0.2) is 24.5 Å². The maximum Gasteiger partial charge on any atom is 0.246 e. The molecule has 0 bridgehead atoms. The molecule has 3 heterocycles. The lowest BCUT2D eigenvalue weighted by molar-refractivity contribution is 0.568. The maximum absolute atomic E-state index is 5.92. The van der Waals surface area contributed by atoms with Gasteiger partial charge in [0.05, 0.1) is 5.69 Å². The molecule has 0 radical (unpaired) electrons. The minimum absolute atomic E-state index is 0.418.